The molecule has 2 rings (SSSR count). The minimum absolute atomic E-state index is 0.137. The smallest absolute Gasteiger partial charge is 0.339 e. The first-order chi connectivity index (χ1) is 7.61. The fourth-order valence-electron chi connectivity index (χ4n) is 1.37. The summed E-state index contributed by atoms with van der Waals surface area (Å²) < 4.78 is 5.68. The van der Waals surface area contributed by atoms with Gasteiger partial charge >= 0.3 is 5.97 Å². The molecule has 2 N–H and O–H groups in total. The van der Waals surface area contributed by atoms with Crippen LogP contribution in [0.25, 0.3) is 10.2 Å². The first-order valence-electron chi connectivity index (χ1n) is 4.46. The number of methoxy groups -OCH3 is 1. The van der Waals surface area contributed by atoms with Crippen LogP contribution in [0.3, 0.4) is 0 Å². The van der Waals surface area contributed by atoms with Crippen molar-refractivity contribution in [2.24, 2.45) is 0 Å². The number of carboxylic acids is 1. The molecule has 1 aromatic heterocycles. The number of hydrogen-bond acceptors (Lipinski definition) is 5. The summed E-state index contributed by atoms with van der Waals surface area (Å²) in [4.78, 5) is 15.0. The highest BCUT2D eigenvalue weighted by molar-refractivity contribution is 7.18. The molecule has 0 radical (unpaired) electrons. The van der Waals surface area contributed by atoms with E-state index in [4.69, 9.17) is 9.84 Å². The van der Waals surface area contributed by atoms with Crippen LogP contribution in [-0.2, 0) is 11.3 Å². The molecule has 0 bridgehead atoms. The molecule has 2 aromatic rings. The van der Waals surface area contributed by atoms with Crippen LogP contribution < -0.4 is 0 Å². The first kappa shape index (κ1) is 10.8. The van der Waals surface area contributed by atoms with E-state index >= 15 is 0 Å². The number of aromatic nitrogens is 1. The summed E-state index contributed by atoms with van der Waals surface area (Å²) in [5.41, 5.74) is 0.425. The summed E-state index contributed by atoms with van der Waals surface area (Å²) in [6, 6.07) is 2.78. The minimum Gasteiger partial charge on any atom is -0.507 e. The molecule has 0 saturated heterocycles. The van der Waals surface area contributed by atoms with E-state index in [1.807, 2.05) is 0 Å². The highest BCUT2D eigenvalue weighted by Gasteiger charge is 2.13. The number of aromatic hydroxyl groups is 1. The van der Waals surface area contributed by atoms with Gasteiger partial charge in [0.15, 0.2) is 0 Å². The Bertz CT molecular complexity index is 549. The molecule has 0 aliphatic carbocycles. The Morgan fingerprint density at radius 2 is 2.31 bits per heavy atom. The number of carbonyl (C=O) groups is 1. The first-order valence-corrected chi connectivity index (χ1v) is 5.28. The van der Waals surface area contributed by atoms with Crippen molar-refractivity contribution in [1.29, 1.82) is 0 Å². The zero-order chi connectivity index (χ0) is 11.7. The van der Waals surface area contributed by atoms with Gasteiger partial charge in [-0.15, -0.1) is 11.3 Å². The topological polar surface area (TPSA) is 79.7 Å². The Balaban J connectivity index is 2.56. The monoisotopic (exact) mass is 239 g/mol. The van der Waals surface area contributed by atoms with E-state index < -0.39 is 5.97 Å². The predicted molar refractivity (Wildman–Crippen MR) is 59.0 cm³/mol. The SMILES string of the molecule is COCc1nc2cc(C(=O)O)c(O)cc2s1. The van der Waals surface area contributed by atoms with Crippen molar-refractivity contribution in [3.8, 4) is 5.75 Å². The van der Waals surface area contributed by atoms with Crippen molar-refractivity contribution >= 4 is 27.5 Å². The normalized spacial score (nSPS) is 10.8. The van der Waals surface area contributed by atoms with E-state index in [9.17, 15) is 9.90 Å². The van der Waals surface area contributed by atoms with Gasteiger partial charge in [-0.2, -0.15) is 0 Å². The quantitative estimate of drug-likeness (QED) is 0.854. The van der Waals surface area contributed by atoms with Gasteiger partial charge in [0.05, 0.1) is 16.8 Å². The molecule has 0 fully saturated rings. The van der Waals surface area contributed by atoms with Gasteiger partial charge in [-0.3, -0.25) is 0 Å². The molecule has 0 saturated carbocycles. The molecule has 6 heteroatoms. The summed E-state index contributed by atoms with van der Waals surface area (Å²) in [6.45, 7) is 0.377. The molecule has 16 heavy (non-hydrogen) atoms. The van der Waals surface area contributed by atoms with Gasteiger partial charge in [0.1, 0.15) is 16.3 Å². The highest BCUT2D eigenvalue weighted by Crippen LogP contribution is 2.29. The van der Waals surface area contributed by atoms with Gasteiger partial charge in [0, 0.05) is 13.2 Å². The second-order valence-corrected chi connectivity index (χ2v) is 4.30. The third-order valence-electron chi connectivity index (χ3n) is 2.05. The van der Waals surface area contributed by atoms with Crippen molar-refractivity contribution in [2.75, 3.05) is 7.11 Å². The summed E-state index contributed by atoms with van der Waals surface area (Å²) in [5.74, 6) is -1.41. The Morgan fingerprint density at radius 3 is 2.94 bits per heavy atom. The van der Waals surface area contributed by atoms with Crippen molar-refractivity contribution < 1.29 is 19.7 Å². The largest absolute Gasteiger partial charge is 0.507 e. The number of ether oxygens (including phenoxy) is 1. The maximum absolute atomic E-state index is 10.8. The summed E-state index contributed by atoms with van der Waals surface area (Å²) >= 11 is 1.37. The third kappa shape index (κ3) is 1.84. The average molecular weight is 239 g/mol. The van der Waals surface area contributed by atoms with Crippen molar-refractivity contribution in [2.45, 2.75) is 6.61 Å². The van der Waals surface area contributed by atoms with E-state index in [-0.39, 0.29) is 11.3 Å². The number of phenols is 1. The molecule has 0 aliphatic heterocycles. The zero-order valence-electron chi connectivity index (χ0n) is 8.43. The standard InChI is InChI=1S/C10H9NO4S/c1-15-4-9-11-6-2-5(10(13)14)7(12)3-8(6)16-9/h2-3,12H,4H2,1H3,(H,13,14). The maximum atomic E-state index is 10.8. The number of hydrogen-bond donors (Lipinski definition) is 2. The molecule has 0 amide bonds. The number of rotatable bonds is 3. The Kier molecular flexibility index (Phi) is 2.76. The van der Waals surface area contributed by atoms with Gasteiger partial charge in [-0.05, 0) is 6.07 Å². The number of aromatic carboxylic acids is 1. The van der Waals surface area contributed by atoms with Crippen LogP contribution >= 0.6 is 11.3 Å². The predicted octanol–water partition coefficient (Wildman–Crippen LogP) is 1.85. The van der Waals surface area contributed by atoms with Crippen LogP contribution in [-0.4, -0.2) is 28.3 Å². The van der Waals surface area contributed by atoms with Gasteiger partial charge in [-0.1, -0.05) is 0 Å². The van der Waals surface area contributed by atoms with Crippen LogP contribution in [0, 0.1) is 0 Å². The molecule has 1 aromatic carbocycles. The Morgan fingerprint density at radius 1 is 1.56 bits per heavy atom. The van der Waals surface area contributed by atoms with E-state index in [2.05, 4.69) is 4.98 Å². The van der Waals surface area contributed by atoms with Crippen LogP contribution in [0.1, 0.15) is 15.4 Å². The number of nitrogens with zero attached hydrogens (tertiary/aromatic N) is 1. The van der Waals surface area contributed by atoms with E-state index in [1.54, 1.807) is 7.11 Å². The lowest BCUT2D eigenvalue weighted by Crippen LogP contribution is -1.96. The van der Waals surface area contributed by atoms with E-state index in [0.29, 0.717) is 12.1 Å². The molecule has 0 atom stereocenters. The lowest BCUT2D eigenvalue weighted by atomic mass is 10.2. The second kappa shape index (κ2) is 4.07. The Hall–Kier alpha value is -1.66. The maximum Gasteiger partial charge on any atom is 0.339 e. The molecule has 5 nitrogen and oxygen atoms in total. The molecular weight excluding hydrogens is 230 g/mol. The molecular formula is C10H9NO4S. The number of carboxylic acid groups (broad SMARTS) is 1. The van der Waals surface area contributed by atoms with E-state index in [1.165, 1.54) is 23.5 Å². The second-order valence-electron chi connectivity index (χ2n) is 3.18. The molecule has 84 valence electrons. The highest BCUT2D eigenvalue weighted by atomic mass is 32.1. The molecule has 0 aliphatic rings. The summed E-state index contributed by atoms with van der Waals surface area (Å²) in [5, 5.41) is 19.1. The van der Waals surface area contributed by atoms with E-state index in [0.717, 1.165) is 9.71 Å². The lowest BCUT2D eigenvalue weighted by molar-refractivity contribution is 0.0694. The van der Waals surface area contributed by atoms with Crippen LogP contribution in [0.15, 0.2) is 12.1 Å². The van der Waals surface area contributed by atoms with Gasteiger partial charge < -0.3 is 14.9 Å². The van der Waals surface area contributed by atoms with Gasteiger partial charge in [-0.25, -0.2) is 9.78 Å². The lowest BCUT2D eigenvalue weighted by Gasteiger charge is -1.97. The van der Waals surface area contributed by atoms with Gasteiger partial charge in [0.2, 0.25) is 0 Å². The van der Waals surface area contributed by atoms with Gasteiger partial charge in [0.25, 0.3) is 0 Å². The zero-order valence-corrected chi connectivity index (χ0v) is 9.24. The average Bonchev–Trinajstić information content (AvgIpc) is 2.58. The summed E-state index contributed by atoms with van der Waals surface area (Å²) in [7, 11) is 1.56. The van der Waals surface area contributed by atoms with Crippen LogP contribution in [0.4, 0.5) is 0 Å². The Labute approximate surface area is 94.9 Å². The number of fused-ring (bicyclic) bond motifs is 1. The number of thiazole rings is 1. The van der Waals surface area contributed by atoms with Crippen LogP contribution in [0.2, 0.25) is 0 Å². The van der Waals surface area contributed by atoms with Crippen molar-refractivity contribution in [3.05, 3.63) is 22.7 Å². The molecule has 0 unspecified atom stereocenters. The molecule has 0 spiro atoms. The summed E-state index contributed by atoms with van der Waals surface area (Å²) in [6.07, 6.45) is 0. The number of benzene rings is 1. The van der Waals surface area contributed by atoms with Crippen molar-refractivity contribution in [3.63, 3.8) is 0 Å². The fraction of sp³-hybridized carbons (Fsp3) is 0.200. The van der Waals surface area contributed by atoms with Crippen molar-refractivity contribution in [1.82, 2.24) is 4.98 Å². The molecule has 1 heterocycles. The van der Waals surface area contributed by atoms with Crippen LogP contribution in [0.5, 0.6) is 5.75 Å². The third-order valence-corrected chi connectivity index (χ3v) is 3.04. The fourth-order valence-corrected chi connectivity index (χ4v) is 2.32. The minimum atomic E-state index is -1.17.